The van der Waals surface area contributed by atoms with Crippen molar-refractivity contribution >= 4 is 11.6 Å². The van der Waals surface area contributed by atoms with E-state index in [9.17, 15) is 9.90 Å². The zero-order valence-electron chi connectivity index (χ0n) is 9.89. The predicted octanol–water partition coefficient (Wildman–Crippen LogP) is 0.720. The highest BCUT2D eigenvalue weighted by Gasteiger charge is 2.29. The minimum atomic E-state index is -0.0933. The molecule has 1 aliphatic rings. The van der Waals surface area contributed by atoms with Gasteiger partial charge in [-0.2, -0.15) is 0 Å². The summed E-state index contributed by atoms with van der Waals surface area (Å²) in [5, 5.41) is 12.1. The van der Waals surface area contributed by atoms with E-state index in [4.69, 9.17) is 0 Å². The van der Waals surface area contributed by atoms with Crippen LogP contribution in [0.5, 0.6) is 0 Å². The Morgan fingerprint density at radius 3 is 3.06 bits per heavy atom. The Kier molecular flexibility index (Phi) is 3.58. The number of aliphatic hydroxyl groups excluding tert-OH is 1. The van der Waals surface area contributed by atoms with Gasteiger partial charge in [0.1, 0.15) is 5.69 Å². The third-order valence-corrected chi connectivity index (χ3v) is 3.12. The number of amides is 1. The Hall–Kier alpha value is -1.62. The van der Waals surface area contributed by atoms with E-state index in [0.29, 0.717) is 12.2 Å². The van der Waals surface area contributed by atoms with Gasteiger partial charge in [0.05, 0.1) is 24.5 Å². The van der Waals surface area contributed by atoms with E-state index in [1.165, 1.54) is 0 Å². The molecule has 5 heteroatoms. The lowest BCUT2D eigenvalue weighted by Crippen LogP contribution is -2.38. The maximum Gasteiger partial charge on any atom is 0.272 e. The third kappa shape index (κ3) is 2.39. The molecule has 1 aromatic heterocycles. The second-order valence-corrected chi connectivity index (χ2v) is 4.16. The maximum atomic E-state index is 12.1. The molecule has 1 aliphatic heterocycles. The van der Waals surface area contributed by atoms with Gasteiger partial charge in [0.15, 0.2) is 0 Å². The monoisotopic (exact) mass is 235 g/mol. The molecule has 1 atom stereocenters. The highest BCUT2D eigenvalue weighted by atomic mass is 16.3. The van der Waals surface area contributed by atoms with E-state index >= 15 is 0 Å². The highest BCUT2D eigenvalue weighted by molar-refractivity contribution is 5.92. The quantitative estimate of drug-likeness (QED) is 0.810. The van der Waals surface area contributed by atoms with Crippen molar-refractivity contribution in [3.05, 3.63) is 24.0 Å². The molecule has 92 valence electrons. The smallest absolute Gasteiger partial charge is 0.272 e. The molecule has 1 fully saturated rings. The predicted molar refractivity (Wildman–Crippen MR) is 64.9 cm³/mol. The van der Waals surface area contributed by atoms with Gasteiger partial charge in [-0.25, -0.2) is 4.98 Å². The van der Waals surface area contributed by atoms with E-state index in [0.717, 1.165) is 18.5 Å². The van der Waals surface area contributed by atoms with Crippen LogP contribution in [-0.2, 0) is 0 Å². The molecule has 17 heavy (non-hydrogen) atoms. The molecule has 0 bridgehead atoms. The highest BCUT2D eigenvalue weighted by Crippen LogP contribution is 2.19. The van der Waals surface area contributed by atoms with Gasteiger partial charge in [0.25, 0.3) is 5.91 Å². The molecule has 5 nitrogen and oxygen atoms in total. The Labute approximate surface area is 100 Å². The van der Waals surface area contributed by atoms with E-state index < -0.39 is 0 Å². The van der Waals surface area contributed by atoms with Crippen LogP contribution in [0.3, 0.4) is 0 Å². The van der Waals surface area contributed by atoms with Gasteiger partial charge in [-0.1, -0.05) is 0 Å². The summed E-state index contributed by atoms with van der Waals surface area (Å²) in [6.45, 7) is 0.736. The van der Waals surface area contributed by atoms with Crippen molar-refractivity contribution in [2.75, 3.05) is 25.5 Å². The molecule has 1 amide bonds. The Morgan fingerprint density at radius 1 is 1.65 bits per heavy atom. The number of anilines is 1. The summed E-state index contributed by atoms with van der Waals surface area (Å²) in [7, 11) is 1.81. The molecule has 0 saturated carbocycles. The first kappa shape index (κ1) is 11.9. The third-order valence-electron chi connectivity index (χ3n) is 3.12. The number of carbonyl (C=O) groups excluding carboxylic acids is 1. The molecule has 1 unspecified atom stereocenters. The largest absolute Gasteiger partial charge is 0.394 e. The number of nitrogens with one attached hydrogen (secondary N) is 1. The van der Waals surface area contributed by atoms with Crippen molar-refractivity contribution in [1.29, 1.82) is 0 Å². The molecule has 0 radical (unpaired) electrons. The summed E-state index contributed by atoms with van der Waals surface area (Å²) in [6.07, 6.45) is 3.46. The molecule has 0 aromatic carbocycles. The van der Waals surface area contributed by atoms with Gasteiger partial charge in [0.2, 0.25) is 0 Å². The van der Waals surface area contributed by atoms with Gasteiger partial charge in [-0.3, -0.25) is 4.79 Å². The Bertz CT molecular complexity index is 391. The summed E-state index contributed by atoms with van der Waals surface area (Å²) in [6, 6.07) is 3.49. The van der Waals surface area contributed by atoms with Gasteiger partial charge in [-0.15, -0.1) is 0 Å². The van der Waals surface area contributed by atoms with E-state index in [1.807, 2.05) is 6.07 Å². The van der Waals surface area contributed by atoms with Gasteiger partial charge in [0, 0.05) is 13.6 Å². The maximum absolute atomic E-state index is 12.1. The minimum Gasteiger partial charge on any atom is -0.394 e. The SMILES string of the molecule is CNc1ccc(C(=O)N2CCCC2CO)nc1. The summed E-state index contributed by atoms with van der Waals surface area (Å²) in [5.41, 5.74) is 1.31. The molecule has 1 saturated heterocycles. The first-order valence-corrected chi connectivity index (χ1v) is 5.82. The van der Waals surface area contributed by atoms with E-state index in [1.54, 1.807) is 24.2 Å². The molecule has 2 rings (SSSR count). The fourth-order valence-electron chi connectivity index (χ4n) is 2.11. The van der Waals surface area contributed by atoms with Crippen LogP contribution in [0.4, 0.5) is 5.69 Å². The fourth-order valence-corrected chi connectivity index (χ4v) is 2.11. The van der Waals surface area contributed by atoms with Crippen molar-refractivity contribution < 1.29 is 9.90 Å². The molecule has 0 spiro atoms. The number of nitrogens with zero attached hydrogens (tertiary/aromatic N) is 2. The van der Waals surface area contributed by atoms with Crippen LogP contribution in [-0.4, -0.2) is 47.1 Å². The number of pyridine rings is 1. The summed E-state index contributed by atoms with van der Waals surface area (Å²) in [5.74, 6) is -0.0933. The van der Waals surface area contributed by atoms with Crippen molar-refractivity contribution in [2.45, 2.75) is 18.9 Å². The fraction of sp³-hybridized carbons (Fsp3) is 0.500. The molecule has 2 heterocycles. The van der Waals surface area contributed by atoms with Crippen molar-refractivity contribution in [3.63, 3.8) is 0 Å². The Balaban J connectivity index is 2.13. The van der Waals surface area contributed by atoms with Gasteiger partial charge in [-0.05, 0) is 25.0 Å². The molecule has 0 aliphatic carbocycles. The second-order valence-electron chi connectivity index (χ2n) is 4.16. The number of aliphatic hydroxyl groups is 1. The van der Waals surface area contributed by atoms with Crippen molar-refractivity contribution in [2.24, 2.45) is 0 Å². The number of carbonyl (C=O) groups is 1. The van der Waals surface area contributed by atoms with Crippen LogP contribution >= 0.6 is 0 Å². The summed E-state index contributed by atoms with van der Waals surface area (Å²) in [4.78, 5) is 18.0. The molecular weight excluding hydrogens is 218 g/mol. The summed E-state index contributed by atoms with van der Waals surface area (Å²) >= 11 is 0. The average molecular weight is 235 g/mol. The van der Waals surface area contributed by atoms with Crippen molar-refractivity contribution in [1.82, 2.24) is 9.88 Å². The standard InChI is InChI=1S/C12H17N3O2/c1-13-9-4-5-11(14-7-9)12(17)15-6-2-3-10(15)8-16/h4-5,7,10,13,16H,2-3,6,8H2,1H3. The zero-order chi connectivity index (χ0) is 12.3. The number of hydrogen-bond donors (Lipinski definition) is 2. The first-order valence-electron chi connectivity index (χ1n) is 5.82. The van der Waals surface area contributed by atoms with Crippen LogP contribution in [0.1, 0.15) is 23.3 Å². The van der Waals surface area contributed by atoms with Crippen LogP contribution in [0, 0.1) is 0 Å². The zero-order valence-corrected chi connectivity index (χ0v) is 9.89. The lowest BCUT2D eigenvalue weighted by Gasteiger charge is -2.22. The minimum absolute atomic E-state index is 0.0281. The summed E-state index contributed by atoms with van der Waals surface area (Å²) < 4.78 is 0. The van der Waals surface area contributed by atoms with Crippen LogP contribution in [0.15, 0.2) is 18.3 Å². The number of likely N-dealkylation sites (tertiary alicyclic amines) is 1. The van der Waals surface area contributed by atoms with Crippen LogP contribution in [0.25, 0.3) is 0 Å². The van der Waals surface area contributed by atoms with Crippen LogP contribution in [0.2, 0.25) is 0 Å². The number of rotatable bonds is 3. The van der Waals surface area contributed by atoms with E-state index in [-0.39, 0.29) is 18.6 Å². The lowest BCUT2D eigenvalue weighted by atomic mass is 10.2. The first-order chi connectivity index (χ1) is 8.26. The molecule has 2 N–H and O–H groups in total. The van der Waals surface area contributed by atoms with Gasteiger partial charge < -0.3 is 15.3 Å². The van der Waals surface area contributed by atoms with Crippen molar-refractivity contribution in [3.8, 4) is 0 Å². The topological polar surface area (TPSA) is 65.5 Å². The second kappa shape index (κ2) is 5.14. The molecule has 1 aromatic rings. The van der Waals surface area contributed by atoms with E-state index in [2.05, 4.69) is 10.3 Å². The number of hydrogen-bond acceptors (Lipinski definition) is 4. The normalized spacial score (nSPS) is 19.4. The Morgan fingerprint density at radius 2 is 2.47 bits per heavy atom. The number of aromatic nitrogens is 1. The van der Waals surface area contributed by atoms with Crippen LogP contribution < -0.4 is 5.32 Å². The average Bonchev–Trinajstić information content (AvgIpc) is 2.86. The lowest BCUT2D eigenvalue weighted by molar-refractivity contribution is 0.0672. The van der Waals surface area contributed by atoms with Gasteiger partial charge >= 0.3 is 0 Å². The molecular formula is C12H17N3O2.